The normalized spacial score (nSPS) is 16.8. The zero-order chi connectivity index (χ0) is 36.0. The summed E-state index contributed by atoms with van der Waals surface area (Å²) in [5.74, 6) is 0.990. The number of aliphatic hydroxyl groups is 1. The molecule has 2 aromatic carbocycles. The number of benzene rings is 2. The van der Waals surface area contributed by atoms with Crippen LogP contribution in [0.1, 0.15) is 84.9 Å². The maximum absolute atomic E-state index is 12.6. The quantitative estimate of drug-likeness (QED) is 0.165. The van der Waals surface area contributed by atoms with E-state index in [1.165, 1.54) is 5.56 Å². The average Bonchev–Trinajstić information content (AvgIpc) is 3.10. The van der Waals surface area contributed by atoms with Gasteiger partial charge in [0.1, 0.15) is 5.82 Å². The largest absolute Gasteiger partial charge is 0.389 e. The lowest BCUT2D eigenvalue weighted by molar-refractivity contribution is 0.0182. The molecule has 1 aliphatic heterocycles. The molecular weight excluding hydrogens is 608 g/mol. The van der Waals surface area contributed by atoms with Crippen LogP contribution in [0.15, 0.2) is 94.0 Å². The van der Waals surface area contributed by atoms with Crippen molar-refractivity contribution < 1.29 is 9.84 Å². The molecule has 1 fully saturated rings. The summed E-state index contributed by atoms with van der Waals surface area (Å²) in [6.07, 6.45) is 13.2. The van der Waals surface area contributed by atoms with Crippen LogP contribution < -0.4 is 21.3 Å². The Kier molecular flexibility index (Phi) is 15.3. The van der Waals surface area contributed by atoms with Crippen LogP contribution in [-0.4, -0.2) is 52.7 Å². The molecule has 49 heavy (non-hydrogen) atoms. The molecule has 7 heteroatoms. The third-order valence-electron chi connectivity index (χ3n) is 8.24. The predicted octanol–water partition coefficient (Wildman–Crippen LogP) is 6.78. The number of aromatic nitrogens is 1. The molecular formula is C42H58N4O3. The first-order valence-corrected chi connectivity index (χ1v) is 17.8. The number of hydrogen-bond acceptors (Lipinski definition) is 6. The van der Waals surface area contributed by atoms with E-state index >= 15 is 0 Å². The molecule has 1 unspecified atom stereocenters. The number of nitrogens with zero attached hydrogens (tertiary/aromatic N) is 3. The van der Waals surface area contributed by atoms with Gasteiger partial charge >= 0.3 is 0 Å². The van der Waals surface area contributed by atoms with Gasteiger partial charge in [0.2, 0.25) is 0 Å². The maximum Gasteiger partial charge on any atom is 0.253 e. The molecule has 7 nitrogen and oxygen atoms in total. The summed E-state index contributed by atoms with van der Waals surface area (Å²) in [4.78, 5) is 19.6. The summed E-state index contributed by atoms with van der Waals surface area (Å²) in [7, 11) is 1.80. The van der Waals surface area contributed by atoms with Crippen LogP contribution in [0.25, 0.3) is 23.0 Å². The monoisotopic (exact) mass is 666 g/mol. The second kappa shape index (κ2) is 19.1. The third-order valence-corrected chi connectivity index (χ3v) is 8.24. The summed E-state index contributed by atoms with van der Waals surface area (Å²) in [6.45, 7) is 18.0. The van der Waals surface area contributed by atoms with Crippen LogP contribution in [0.3, 0.4) is 0 Å². The van der Waals surface area contributed by atoms with Gasteiger partial charge in [0.15, 0.2) is 0 Å². The van der Waals surface area contributed by atoms with Crippen molar-refractivity contribution in [1.29, 1.82) is 0 Å². The first-order valence-electron chi connectivity index (χ1n) is 17.8. The maximum atomic E-state index is 12.6. The Balaban J connectivity index is 0.00000319. The van der Waals surface area contributed by atoms with Gasteiger partial charge in [0.05, 0.1) is 31.4 Å². The SMILES string of the molecule is CC.CC/C=C/C(C=NCC(C)(C)O)=C(/C)N/C(=c1/cc(-c2cc(C)c(=O)n(C)c2)cc/c1=C\CCC)N1CCOCC1c1ccccc1. The summed E-state index contributed by atoms with van der Waals surface area (Å²) < 4.78 is 7.73. The highest BCUT2D eigenvalue weighted by molar-refractivity contribution is 5.83. The van der Waals surface area contributed by atoms with Crippen molar-refractivity contribution in [1.82, 2.24) is 14.8 Å². The van der Waals surface area contributed by atoms with Crippen LogP contribution >= 0.6 is 0 Å². The number of hydrogen-bond donors (Lipinski definition) is 2. The molecule has 4 rings (SSSR count). The fraction of sp³-hybridized carbons (Fsp3) is 0.429. The van der Waals surface area contributed by atoms with Gasteiger partial charge in [0.25, 0.3) is 5.56 Å². The molecule has 0 amide bonds. The van der Waals surface area contributed by atoms with Gasteiger partial charge in [-0.25, -0.2) is 0 Å². The van der Waals surface area contributed by atoms with Gasteiger partial charge in [-0.2, -0.15) is 0 Å². The van der Waals surface area contributed by atoms with E-state index in [1.807, 2.05) is 45.3 Å². The van der Waals surface area contributed by atoms with Gasteiger partial charge in [0, 0.05) is 48.1 Å². The van der Waals surface area contributed by atoms with Crippen LogP contribution in [0.2, 0.25) is 0 Å². The highest BCUT2D eigenvalue weighted by atomic mass is 16.5. The Morgan fingerprint density at radius 2 is 1.84 bits per heavy atom. The Bertz CT molecular complexity index is 1750. The number of morpholine rings is 1. The van der Waals surface area contributed by atoms with Crippen LogP contribution in [0, 0.1) is 6.92 Å². The van der Waals surface area contributed by atoms with E-state index in [-0.39, 0.29) is 11.6 Å². The predicted molar refractivity (Wildman–Crippen MR) is 207 cm³/mol. The third kappa shape index (κ3) is 11.2. The highest BCUT2D eigenvalue weighted by Crippen LogP contribution is 2.28. The Morgan fingerprint density at radius 3 is 2.49 bits per heavy atom. The first kappa shape index (κ1) is 39.2. The second-order valence-corrected chi connectivity index (χ2v) is 13.0. The number of ether oxygens (including phenoxy) is 1. The van der Waals surface area contributed by atoms with E-state index in [4.69, 9.17) is 4.74 Å². The van der Waals surface area contributed by atoms with Gasteiger partial charge < -0.3 is 24.6 Å². The number of pyridine rings is 1. The van der Waals surface area contributed by atoms with Gasteiger partial charge in [-0.05, 0) is 74.6 Å². The lowest BCUT2D eigenvalue weighted by Gasteiger charge is -2.39. The molecule has 2 N–H and O–H groups in total. The van der Waals surface area contributed by atoms with E-state index < -0.39 is 5.60 Å². The summed E-state index contributed by atoms with van der Waals surface area (Å²) in [5.41, 5.74) is 4.94. The minimum atomic E-state index is -0.894. The average molecular weight is 667 g/mol. The summed E-state index contributed by atoms with van der Waals surface area (Å²) in [6, 6.07) is 19.1. The fourth-order valence-corrected chi connectivity index (χ4v) is 5.70. The van der Waals surface area contributed by atoms with Crippen molar-refractivity contribution >= 4 is 18.1 Å². The van der Waals surface area contributed by atoms with Gasteiger partial charge in [-0.1, -0.05) is 94.8 Å². The fourth-order valence-electron chi connectivity index (χ4n) is 5.70. The number of allylic oxidation sites excluding steroid dienone is 4. The molecule has 264 valence electrons. The zero-order valence-electron chi connectivity index (χ0n) is 31.2. The van der Waals surface area contributed by atoms with Crippen LogP contribution in [0.5, 0.6) is 0 Å². The standard InChI is InChI=1S/C40H52N4O3.C2H6/c1-8-10-15-31-19-20-33(35-23-29(3)39(45)43(7)26-35)24-36(31)38(44-21-22-47-27-37(44)32-17-13-12-14-18-32)42-30(4)34(16-11-9-2)25-41-28-40(5,6)46;1-2/h11-20,23-26,37,42,46H,8-10,21-22,27-28H2,1-7H3;1-2H3/b16-11+,31-15+,34-30+,38-36+,41-25?;. The Labute approximate surface area is 294 Å². The molecule has 2 heterocycles. The van der Waals surface area contributed by atoms with Crippen LogP contribution in [0.4, 0.5) is 0 Å². The van der Waals surface area contributed by atoms with Gasteiger partial charge in [-0.15, -0.1) is 0 Å². The van der Waals surface area contributed by atoms with Crippen molar-refractivity contribution in [3.63, 3.8) is 0 Å². The molecule has 0 aliphatic carbocycles. The van der Waals surface area contributed by atoms with Crippen molar-refractivity contribution in [2.75, 3.05) is 26.3 Å². The van der Waals surface area contributed by atoms with E-state index in [0.29, 0.717) is 31.9 Å². The van der Waals surface area contributed by atoms with Crippen molar-refractivity contribution in [2.45, 2.75) is 86.3 Å². The number of unbranched alkanes of at least 4 members (excludes halogenated alkanes) is 1. The molecule has 1 aromatic heterocycles. The van der Waals surface area contributed by atoms with Gasteiger partial charge in [-0.3, -0.25) is 9.79 Å². The molecule has 1 atom stereocenters. The van der Waals surface area contributed by atoms with E-state index in [2.05, 4.69) is 96.7 Å². The Morgan fingerprint density at radius 1 is 1.10 bits per heavy atom. The van der Waals surface area contributed by atoms with Crippen molar-refractivity contribution in [3.05, 3.63) is 116 Å². The summed E-state index contributed by atoms with van der Waals surface area (Å²) >= 11 is 0. The molecule has 3 aromatic rings. The first-order chi connectivity index (χ1) is 23.5. The molecule has 1 saturated heterocycles. The number of nitrogens with one attached hydrogen (secondary N) is 1. The molecule has 0 radical (unpaired) electrons. The lowest BCUT2D eigenvalue weighted by Crippen LogP contribution is -2.47. The van der Waals surface area contributed by atoms with Crippen molar-refractivity contribution in [2.24, 2.45) is 12.0 Å². The van der Waals surface area contributed by atoms with Crippen molar-refractivity contribution in [3.8, 4) is 11.1 Å². The van der Waals surface area contributed by atoms with Crippen LogP contribution in [-0.2, 0) is 11.8 Å². The summed E-state index contributed by atoms with van der Waals surface area (Å²) in [5, 5.41) is 16.4. The number of aliphatic imine (C=N–C) groups is 1. The van der Waals surface area contributed by atoms with E-state index in [1.54, 1.807) is 25.5 Å². The lowest BCUT2D eigenvalue weighted by atomic mass is 10.0. The minimum Gasteiger partial charge on any atom is -0.389 e. The molecule has 1 aliphatic rings. The second-order valence-electron chi connectivity index (χ2n) is 13.0. The smallest absolute Gasteiger partial charge is 0.253 e. The number of aryl methyl sites for hydroxylation is 2. The van der Waals surface area contributed by atoms with E-state index in [9.17, 15) is 9.90 Å². The zero-order valence-corrected chi connectivity index (χ0v) is 31.2. The topological polar surface area (TPSA) is 79.1 Å². The molecule has 0 spiro atoms. The molecule has 0 bridgehead atoms. The molecule has 0 saturated carbocycles. The highest BCUT2D eigenvalue weighted by Gasteiger charge is 2.27. The Hall–Kier alpha value is -4.20. The minimum absolute atomic E-state index is 0.00112. The van der Waals surface area contributed by atoms with E-state index in [0.717, 1.165) is 57.9 Å². The number of rotatable bonds is 12.